The Kier molecular flexibility index (Phi) is 4.78. The first kappa shape index (κ1) is 13.4. The first-order valence-electron chi connectivity index (χ1n) is 4.55. The van der Waals surface area contributed by atoms with Crippen LogP contribution < -0.4 is 0 Å². The van der Waals surface area contributed by atoms with Crippen LogP contribution in [0.4, 0.5) is 0 Å². The fourth-order valence-corrected chi connectivity index (χ4v) is 1.20. The number of hydrogen-bond acceptors (Lipinski definition) is 3. The Bertz CT molecular complexity index is 304. The minimum Gasteiger partial charge on any atom is -0.481 e. The van der Waals surface area contributed by atoms with Crippen molar-refractivity contribution in [1.29, 1.82) is 0 Å². The Hall–Kier alpha value is -1.58. The van der Waals surface area contributed by atoms with Crippen molar-refractivity contribution < 1.29 is 19.4 Å². The third-order valence-electron chi connectivity index (χ3n) is 2.45. The van der Waals surface area contributed by atoms with Crippen molar-refractivity contribution in [2.75, 3.05) is 0 Å². The highest BCUT2D eigenvalue weighted by atomic mass is 16.5. The summed E-state index contributed by atoms with van der Waals surface area (Å²) in [5.74, 6) is -1.64. The molecule has 15 heavy (non-hydrogen) atoms. The van der Waals surface area contributed by atoms with E-state index in [-0.39, 0.29) is 6.42 Å². The molecule has 0 spiro atoms. The third-order valence-corrected chi connectivity index (χ3v) is 2.45. The van der Waals surface area contributed by atoms with E-state index in [1.807, 2.05) is 0 Å². The normalized spacial score (nSPS) is 15.3. The van der Waals surface area contributed by atoms with Gasteiger partial charge in [-0.25, -0.2) is 0 Å². The molecule has 4 nitrogen and oxygen atoms in total. The van der Waals surface area contributed by atoms with E-state index in [9.17, 15) is 9.59 Å². The van der Waals surface area contributed by atoms with E-state index in [0.717, 1.165) is 6.26 Å². The van der Waals surface area contributed by atoms with E-state index >= 15 is 0 Å². The summed E-state index contributed by atoms with van der Waals surface area (Å²) in [6.07, 6.45) is 2.41. The minimum atomic E-state index is -1.13. The SMILES string of the molecule is C=COC(=O)C(C)(CC(=O)O)C(C)=CC. The van der Waals surface area contributed by atoms with Gasteiger partial charge < -0.3 is 9.84 Å². The van der Waals surface area contributed by atoms with E-state index in [4.69, 9.17) is 5.11 Å². The first-order chi connectivity index (χ1) is 6.88. The molecule has 0 bridgehead atoms. The number of aliphatic carboxylic acids is 1. The van der Waals surface area contributed by atoms with Crippen LogP contribution in [0, 0.1) is 5.41 Å². The van der Waals surface area contributed by atoms with Crippen molar-refractivity contribution in [3.05, 3.63) is 24.5 Å². The lowest BCUT2D eigenvalue weighted by Crippen LogP contribution is -2.32. The zero-order valence-corrected chi connectivity index (χ0v) is 9.24. The van der Waals surface area contributed by atoms with Gasteiger partial charge >= 0.3 is 11.9 Å². The van der Waals surface area contributed by atoms with Gasteiger partial charge in [0.1, 0.15) is 0 Å². The van der Waals surface area contributed by atoms with Gasteiger partial charge in [0.2, 0.25) is 0 Å². The molecule has 0 saturated carbocycles. The molecule has 4 heteroatoms. The standard InChI is InChI=1S/C11H16O4/c1-5-8(3)11(4,7-9(12)13)10(14)15-6-2/h5-6H,2,7H2,1,3-4H3,(H,12,13). The van der Waals surface area contributed by atoms with Crippen molar-refractivity contribution in [3.8, 4) is 0 Å². The molecular weight excluding hydrogens is 196 g/mol. The lowest BCUT2D eigenvalue weighted by atomic mass is 9.79. The van der Waals surface area contributed by atoms with Crippen LogP contribution in [0.1, 0.15) is 27.2 Å². The second kappa shape index (κ2) is 5.34. The van der Waals surface area contributed by atoms with Crippen molar-refractivity contribution in [3.63, 3.8) is 0 Å². The molecule has 0 heterocycles. The predicted molar refractivity (Wildman–Crippen MR) is 56.1 cm³/mol. The van der Waals surface area contributed by atoms with Crippen LogP contribution in [0.2, 0.25) is 0 Å². The maximum absolute atomic E-state index is 11.6. The lowest BCUT2D eigenvalue weighted by Gasteiger charge is -2.25. The van der Waals surface area contributed by atoms with Gasteiger partial charge in [-0.05, 0) is 20.8 Å². The summed E-state index contributed by atoms with van der Waals surface area (Å²) in [6, 6.07) is 0. The Morgan fingerprint density at radius 2 is 2.07 bits per heavy atom. The minimum absolute atomic E-state index is 0.296. The first-order valence-corrected chi connectivity index (χ1v) is 4.55. The molecular formula is C11H16O4. The van der Waals surface area contributed by atoms with Crippen LogP contribution in [-0.2, 0) is 14.3 Å². The molecule has 0 fully saturated rings. The summed E-state index contributed by atoms with van der Waals surface area (Å²) in [5.41, 5.74) is -0.467. The molecule has 0 radical (unpaired) electrons. The monoisotopic (exact) mass is 212 g/mol. The van der Waals surface area contributed by atoms with Crippen molar-refractivity contribution >= 4 is 11.9 Å². The number of hydrogen-bond donors (Lipinski definition) is 1. The van der Waals surface area contributed by atoms with E-state index in [0.29, 0.717) is 5.57 Å². The number of ether oxygens (including phenoxy) is 1. The van der Waals surface area contributed by atoms with Gasteiger partial charge in [0.05, 0.1) is 18.1 Å². The zero-order chi connectivity index (χ0) is 12.1. The molecule has 1 atom stereocenters. The number of allylic oxidation sites excluding steroid dienone is 1. The molecule has 84 valence electrons. The van der Waals surface area contributed by atoms with Crippen molar-refractivity contribution in [2.45, 2.75) is 27.2 Å². The molecule has 0 amide bonds. The molecule has 1 unspecified atom stereocenters. The maximum Gasteiger partial charge on any atom is 0.321 e. The van der Waals surface area contributed by atoms with Crippen LogP contribution >= 0.6 is 0 Å². The average Bonchev–Trinajstić information content (AvgIpc) is 2.15. The Balaban J connectivity index is 5.09. The van der Waals surface area contributed by atoms with E-state index < -0.39 is 17.4 Å². The topological polar surface area (TPSA) is 63.6 Å². The molecule has 0 aromatic heterocycles. The number of esters is 1. The fourth-order valence-electron chi connectivity index (χ4n) is 1.20. The van der Waals surface area contributed by atoms with E-state index in [2.05, 4.69) is 11.3 Å². The Morgan fingerprint density at radius 3 is 2.40 bits per heavy atom. The largest absolute Gasteiger partial charge is 0.481 e. The number of carboxylic acid groups (broad SMARTS) is 1. The second-order valence-corrected chi connectivity index (χ2v) is 3.45. The highest BCUT2D eigenvalue weighted by Gasteiger charge is 2.38. The average molecular weight is 212 g/mol. The molecule has 0 rings (SSSR count). The van der Waals surface area contributed by atoms with Gasteiger partial charge in [-0.2, -0.15) is 0 Å². The summed E-state index contributed by atoms with van der Waals surface area (Å²) < 4.78 is 4.65. The van der Waals surface area contributed by atoms with Crippen LogP contribution in [0.3, 0.4) is 0 Å². The van der Waals surface area contributed by atoms with Crippen LogP contribution in [-0.4, -0.2) is 17.0 Å². The summed E-state index contributed by atoms with van der Waals surface area (Å²) in [6.45, 7) is 8.26. The lowest BCUT2D eigenvalue weighted by molar-refractivity contribution is -0.153. The fraction of sp³-hybridized carbons (Fsp3) is 0.455. The Morgan fingerprint density at radius 1 is 1.53 bits per heavy atom. The van der Waals surface area contributed by atoms with Crippen molar-refractivity contribution in [2.24, 2.45) is 5.41 Å². The van der Waals surface area contributed by atoms with Gasteiger partial charge in [-0.1, -0.05) is 18.2 Å². The summed E-state index contributed by atoms with van der Waals surface area (Å²) >= 11 is 0. The number of carboxylic acids is 1. The molecule has 1 N–H and O–H groups in total. The van der Waals surface area contributed by atoms with E-state index in [1.165, 1.54) is 0 Å². The van der Waals surface area contributed by atoms with Crippen LogP contribution in [0.25, 0.3) is 0 Å². The van der Waals surface area contributed by atoms with Crippen LogP contribution in [0.15, 0.2) is 24.5 Å². The molecule has 0 aliphatic carbocycles. The zero-order valence-electron chi connectivity index (χ0n) is 9.24. The molecule has 0 aliphatic rings. The number of rotatable bonds is 5. The quantitative estimate of drug-likeness (QED) is 0.430. The summed E-state index contributed by atoms with van der Waals surface area (Å²) in [4.78, 5) is 22.3. The molecule has 0 aromatic rings. The molecule has 0 saturated heterocycles. The second-order valence-electron chi connectivity index (χ2n) is 3.45. The molecule has 0 aromatic carbocycles. The third kappa shape index (κ3) is 3.23. The maximum atomic E-state index is 11.6. The molecule has 0 aliphatic heterocycles. The number of carbonyl (C=O) groups is 2. The van der Waals surface area contributed by atoms with Crippen molar-refractivity contribution in [1.82, 2.24) is 0 Å². The van der Waals surface area contributed by atoms with Gasteiger partial charge in [0.15, 0.2) is 0 Å². The predicted octanol–water partition coefficient (Wildman–Crippen LogP) is 2.12. The van der Waals surface area contributed by atoms with Gasteiger partial charge in [0, 0.05) is 0 Å². The number of carbonyl (C=O) groups excluding carboxylic acids is 1. The highest BCUT2D eigenvalue weighted by molar-refractivity contribution is 5.85. The van der Waals surface area contributed by atoms with Crippen LogP contribution in [0.5, 0.6) is 0 Å². The summed E-state index contributed by atoms with van der Waals surface area (Å²) in [7, 11) is 0. The van der Waals surface area contributed by atoms with Gasteiger partial charge in [-0.3, -0.25) is 9.59 Å². The Labute approximate surface area is 89.2 Å². The highest BCUT2D eigenvalue weighted by Crippen LogP contribution is 2.32. The smallest absolute Gasteiger partial charge is 0.321 e. The summed E-state index contributed by atoms with van der Waals surface area (Å²) in [5, 5.41) is 8.75. The van der Waals surface area contributed by atoms with E-state index in [1.54, 1.807) is 26.8 Å². The van der Waals surface area contributed by atoms with Gasteiger partial charge in [0.25, 0.3) is 0 Å². The van der Waals surface area contributed by atoms with Gasteiger partial charge in [-0.15, -0.1) is 0 Å².